The number of hydrogen-bond donors (Lipinski definition) is 2. The molecule has 2 N–H and O–H groups in total. The molecule has 7 nitrogen and oxygen atoms in total. The number of carbonyl (C=O) groups excluding carboxylic acids is 2. The molecule has 0 saturated carbocycles. The van der Waals surface area contributed by atoms with Crippen molar-refractivity contribution >= 4 is 23.5 Å². The summed E-state index contributed by atoms with van der Waals surface area (Å²) in [5.74, 6) is -1.83. The Morgan fingerprint density at radius 2 is 1.79 bits per heavy atom. The van der Waals surface area contributed by atoms with E-state index in [9.17, 15) is 19.5 Å². The molecule has 7 heteroatoms. The van der Waals surface area contributed by atoms with Crippen LogP contribution in [-0.2, 0) is 32.0 Å². The fraction of sp³-hybridized carbons (Fsp3) is 0.423. The number of aliphatic carboxylic acids is 1. The molecule has 0 saturated heterocycles. The molecule has 0 radical (unpaired) electrons. The van der Waals surface area contributed by atoms with Gasteiger partial charge in [-0.3, -0.25) is 24.6 Å². The zero-order valence-electron chi connectivity index (χ0n) is 19.4. The molecular formula is C26H32N2O5. The highest BCUT2D eigenvalue weighted by Gasteiger charge is 2.34. The molecule has 1 heterocycles. The smallest absolute Gasteiger partial charge is 0.326 e. The summed E-state index contributed by atoms with van der Waals surface area (Å²) in [4.78, 5) is 39.4. The van der Waals surface area contributed by atoms with Gasteiger partial charge in [0.15, 0.2) is 0 Å². The molecule has 2 atom stereocenters. The maximum absolute atomic E-state index is 13.5. The molecule has 1 aliphatic heterocycles. The first-order chi connectivity index (χ1) is 15.6. The summed E-state index contributed by atoms with van der Waals surface area (Å²) in [6.45, 7) is 5.10. The second-order valence-electron chi connectivity index (χ2n) is 9.31. The second-order valence-corrected chi connectivity index (χ2v) is 9.31. The van der Waals surface area contributed by atoms with E-state index in [4.69, 9.17) is 4.74 Å². The maximum atomic E-state index is 13.5. The Bertz CT molecular complexity index is 984. The summed E-state index contributed by atoms with van der Waals surface area (Å²) < 4.78 is 5.44. The first kappa shape index (κ1) is 24.5. The van der Waals surface area contributed by atoms with Crippen molar-refractivity contribution in [1.29, 1.82) is 0 Å². The molecule has 176 valence electrons. The van der Waals surface area contributed by atoms with Crippen LogP contribution in [0.15, 0.2) is 54.6 Å². The van der Waals surface area contributed by atoms with E-state index in [0.29, 0.717) is 31.4 Å². The van der Waals surface area contributed by atoms with Crippen LogP contribution in [0, 0.1) is 0 Å². The van der Waals surface area contributed by atoms with Crippen molar-refractivity contribution in [3.63, 3.8) is 0 Å². The number of hydrogen-bond acceptors (Lipinski definition) is 5. The van der Waals surface area contributed by atoms with E-state index in [2.05, 4.69) is 5.32 Å². The molecule has 1 amide bonds. The molecule has 0 bridgehead atoms. The molecule has 0 fully saturated rings. The average Bonchev–Trinajstić information content (AvgIpc) is 2.88. The number of anilines is 1. The summed E-state index contributed by atoms with van der Waals surface area (Å²) in [5.41, 5.74) is 1.97. The van der Waals surface area contributed by atoms with Crippen molar-refractivity contribution in [2.24, 2.45) is 0 Å². The van der Waals surface area contributed by atoms with Crippen molar-refractivity contribution in [2.75, 3.05) is 11.4 Å². The molecule has 2 aromatic carbocycles. The van der Waals surface area contributed by atoms with E-state index < -0.39 is 29.6 Å². The number of carboxylic acids is 1. The molecule has 0 aliphatic carbocycles. The van der Waals surface area contributed by atoms with Gasteiger partial charge in [0.05, 0.1) is 6.04 Å². The Hall–Kier alpha value is -3.19. The molecule has 0 spiro atoms. The fourth-order valence-corrected chi connectivity index (χ4v) is 4.01. The lowest BCUT2D eigenvalue weighted by atomic mass is 10.0. The van der Waals surface area contributed by atoms with Gasteiger partial charge in [-0.15, -0.1) is 0 Å². The normalized spacial score (nSPS) is 17.1. The van der Waals surface area contributed by atoms with Gasteiger partial charge in [0, 0.05) is 5.69 Å². The minimum Gasteiger partial charge on any atom is -0.480 e. The number of fused-ring (bicyclic) bond motifs is 1. The lowest BCUT2D eigenvalue weighted by molar-refractivity contribution is -0.153. The van der Waals surface area contributed by atoms with Gasteiger partial charge in [-0.1, -0.05) is 48.5 Å². The van der Waals surface area contributed by atoms with Crippen molar-refractivity contribution in [1.82, 2.24) is 5.32 Å². The Morgan fingerprint density at radius 1 is 1.12 bits per heavy atom. The predicted octanol–water partition coefficient (Wildman–Crippen LogP) is 3.35. The Kier molecular flexibility index (Phi) is 7.87. The Morgan fingerprint density at radius 3 is 2.45 bits per heavy atom. The van der Waals surface area contributed by atoms with E-state index in [0.717, 1.165) is 11.1 Å². The number of nitrogens with one attached hydrogen (secondary N) is 1. The largest absolute Gasteiger partial charge is 0.480 e. The third-order valence-electron chi connectivity index (χ3n) is 5.52. The lowest BCUT2D eigenvalue weighted by Crippen LogP contribution is -2.53. The number of esters is 1. The van der Waals surface area contributed by atoms with Gasteiger partial charge in [0.2, 0.25) is 5.91 Å². The lowest BCUT2D eigenvalue weighted by Gasteiger charge is -2.28. The number of carboxylic acid groups (broad SMARTS) is 1. The van der Waals surface area contributed by atoms with Crippen LogP contribution < -0.4 is 10.2 Å². The third kappa shape index (κ3) is 6.89. The number of aryl methyl sites for hydroxylation is 2. The van der Waals surface area contributed by atoms with Gasteiger partial charge in [0.25, 0.3) is 0 Å². The highest BCUT2D eigenvalue weighted by atomic mass is 16.6. The van der Waals surface area contributed by atoms with Gasteiger partial charge in [-0.25, -0.2) is 0 Å². The molecule has 2 aromatic rings. The molecular weight excluding hydrogens is 420 g/mol. The molecule has 33 heavy (non-hydrogen) atoms. The molecule has 0 unspecified atom stereocenters. The number of nitrogens with zero attached hydrogens (tertiary/aromatic N) is 1. The summed E-state index contributed by atoms with van der Waals surface area (Å²) >= 11 is 0. The highest BCUT2D eigenvalue weighted by Crippen LogP contribution is 2.27. The number of amides is 1. The Balaban J connectivity index is 1.78. The van der Waals surface area contributed by atoms with Crippen LogP contribution in [0.1, 0.15) is 44.7 Å². The van der Waals surface area contributed by atoms with E-state index in [-0.39, 0.29) is 12.5 Å². The first-order valence-electron chi connectivity index (χ1n) is 11.3. The van der Waals surface area contributed by atoms with Crippen molar-refractivity contribution < 1.29 is 24.2 Å². The van der Waals surface area contributed by atoms with Gasteiger partial charge < -0.3 is 9.84 Å². The number of rotatable bonds is 8. The van der Waals surface area contributed by atoms with Crippen LogP contribution >= 0.6 is 0 Å². The van der Waals surface area contributed by atoms with Crippen LogP contribution in [0.3, 0.4) is 0 Å². The zero-order chi connectivity index (χ0) is 24.0. The highest BCUT2D eigenvalue weighted by molar-refractivity contribution is 6.02. The topological polar surface area (TPSA) is 95.9 Å². The van der Waals surface area contributed by atoms with E-state index in [1.807, 2.05) is 54.6 Å². The predicted molar refractivity (Wildman–Crippen MR) is 126 cm³/mol. The minimum absolute atomic E-state index is 0.229. The van der Waals surface area contributed by atoms with Gasteiger partial charge in [-0.2, -0.15) is 0 Å². The van der Waals surface area contributed by atoms with Crippen LogP contribution in [-0.4, -0.2) is 47.2 Å². The summed E-state index contributed by atoms with van der Waals surface area (Å²) in [6.07, 6.45) is 1.96. The van der Waals surface area contributed by atoms with Crippen LogP contribution in [0.5, 0.6) is 0 Å². The average molecular weight is 453 g/mol. The number of ether oxygens (including phenoxy) is 1. The fourth-order valence-electron chi connectivity index (χ4n) is 4.01. The van der Waals surface area contributed by atoms with Crippen LogP contribution in [0.2, 0.25) is 0 Å². The number of benzene rings is 2. The van der Waals surface area contributed by atoms with Crippen molar-refractivity contribution in [2.45, 2.75) is 64.1 Å². The van der Waals surface area contributed by atoms with Gasteiger partial charge in [0.1, 0.15) is 18.2 Å². The number of para-hydroxylation sites is 1. The van der Waals surface area contributed by atoms with Crippen LogP contribution in [0.4, 0.5) is 5.69 Å². The summed E-state index contributed by atoms with van der Waals surface area (Å²) in [6, 6.07) is 15.5. The summed E-state index contributed by atoms with van der Waals surface area (Å²) in [5, 5.41) is 12.8. The van der Waals surface area contributed by atoms with E-state index in [1.165, 1.54) is 4.90 Å². The minimum atomic E-state index is -1.00. The standard InChI is InChI=1S/C26H32N2O5/c1-26(2,3)33-23(29)17-28-22-12-8-7-11-19(22)14-16-20(24(28)30)27-21(25(31)32)15-13-18-9-5-4-6-10-18/h4-12,20-21,27H,13-17H2,1-3H3,(H,31,32)/t20-,21+/m1/s1. The molecule has 1 aliphatic rings. The SMILES string of the molecule is CC(C)(C)OC(=O)CN1C(=O)[C@H](N[C@@H](CCc2ccccc2)C(=O)O)CCc2ccccc21. The molecule has 0 aromatic heterocycles. The van der Waals surface area contributed by atoms with Gasteiger partial charge >= 0.3 is 11.9 Å². The first-order valence-corrected chi connectivity index (χ1v) is 11.3. The van der Waals surface area contributed by atoms with Crippen LogP contribution in [0.25, 0.3) is 0 Å². The summed E-state index contributed by atoms with van der Waals surface area (Å²) in [7, 11) is 0. The van der Waals surface area contributed by atoms with Crippen molar-refractivity contribution in [3.05, 3.63) is 65.7 Å². The third-order valence-corrected chi connectivity index (χ3v) is 5.52. The van der Waals surface area contributed by atoms with Gasteiger partial charge in [-0.05, 0) is 63.6 Å². The van der Waals surface area contributed by atoms with Crippen molar-refractivity contribution in [3.8, 4) is 0 Å². The second kappa shape index (κ2) is 10.6. The molecule has 3 rings (SSSR count). The maximum Gasteiger partial charge on any atom is 0.326 e. The van der Waals surface area contributed by atoms with E-state index in [1.54, 1.807) is 20.8 Å². The van der Waals surface area contributed by atoms with E-state index >= 15 is 0 Å². The Labute approximate surface area is 194 Å². The quantitative estimate of drug-likeness (QED) is 0.597. The number of carbonyl (C=O) groups is 3. The zero-order valence-corrected chi connectivity index (χ0v) is 19.4. The monoisotopic (exact) mass is 452 g/mol.